The lowest BCUT2D eigenvalue weighted by Gasteiger charge is -2.14. The van der Waals surface area contributed by atoms with Gasteiger partial charge in [0.05, 0.1) is 4.90 Å². The van der Waals surface area contributed by atoms with Crippen LogP contribution in [0.25, 0.3) is 0 Å². The zero-order valence-corrected chi connectivity index (χ0v) is 14.1. The predicted molar refractivity (Wildman–Crippen MR) is 85.3 cm³/mol. The zero-order chi connectivity index (χ0) is 16.0. The van der Waals surface area contributed by atoms with Crippen molar-refractivity contribution in [3.63, 3.8) is 0 Å². The topological polar surface area (TPSA) is 66.5 Å². The Morgan fingerprint density at radius 3 is 2.52 bits per heavy atom. The molecule has 0 aromatic heterocycles. The van der Waals surface area contributed by atoms with Gasteiger partial charge >= 0.3 is 0 Å². The summed E-state index contributed by atoms with van der Waals surface area (Å²) in [6.45, 7) is 1.82. The quantitative estimate of drug-likeness (QED) is 0.616. The summed E-state index contributed by atoms with van der Waals surface area (Å²) in [4.78, 5) is 12.0. The van der Waals surface area contributed by atoms with Crippen LogP contribution < -0.4 is 5.32 Å². The van der Waals surface area contributed by atoms with Crippen molar-refractivity contribution in [2.24, 2.45) is 0 Å². The van der Waals surface area contributed by atoms with Crippen molar-refractivity contribution in [2.45, 2.75) is 31.1 Å². The monoisotopic (exact) mass is 332 g/mol. The summed E-state index contributed by atoms with van der Waals surface area (Å²) in [5, 5.41) is 2.76. The van der Waals surface area contributed by atoms with Crippen molar-refractivity contribution in [3.05, 3.63) is 23.8 Å². The third-order valence-electron chi connectivity index (χ3n) is 3.05. The molecule has 7 heteroatoms. The lowest BCUT2D eigenvalue weighted by atomic mass is 10.2. The average molecular weight is 333 g/mol. The number of halogens is 1. The third-order valence-corrected chi connectivity index (χ3v) is 5.13. The van der Waals surface area contributed by atoms with Crippen LogP contribution in [0.4, 0.5) is 5.69 Å². The van der Waals surface area contributed by atoms with E-state index in [1.54, 1.807) is 6.07 Å². The zero-order valence-electron chi connectivity index (χ0n) is 12.5. The first-order valence-electron chi connectivity index (χ1n) is 6.68. The van der Waals surface area contributed by atoms with E-state index in [4.69, 9.17) is 11.6 Å². The minimum Gasteiger partial charge on any atom is -0.326 e. The van der Waals surface area contributed by atoms with Crippen LogP contribution in [0.2, 0.25) is 0 Å². The summed E-state index contributed by atoms with van der Waals surface area (Å²) in [6.07, 6.45) is 1.86. The maximum absolute atomic E-state index is 12.1. The highest BCUT2D eigenvalue weighted by Gasteiger charge is 2.18. The normalized spacial score (nSPS) is 11.7. The van der Waals surface area contributed by atoms with Gasteiger partial charge in [0.15, 0.2) is 0 Å². The van der Waals surface area contributed by atoms with Gasteiger partial charge in [-0.3, -0.25) is 4.79 Å². The first-order chi connectivity index (χ1) is 9.78. The molecular weight excluding hydrogens is 312 g/mol. The van der Waals surface area contributed by atoms with Crippen molar-refractivity contribution in [3.8, 4) is 0 Å². The number of carbonyl (C=O) groups excluding carboxylic acids is 1. The molecule has 0 radical (unpaired) electrons. The van der Waals surface area contributed by atoms with Crippen molar-refractivity contribution >= 4 is 33.2 Å². The largest absolute Gasteiger partial charge is 0.326 e. The van der Waals surface area contributed by atoms with E-state index < -0.39 is 10.0 Å². The number of rotatable bonds is 7. The SMILES string of the molecule is Cc1ccc(S(=O)(=O)N(C)C)cc1NC(=O)CCCCCl. The molecule has 0 heterocycles. The Bertz CT molecular complexity index is 600. The molecule has 1 aromatic carbocycles. The van der Waals surface area contributed by atoms with E-state index in [1.165, 1.54) is 26.2 Å². The average Bonchev–Trinajstić information content (AvgIpc) is 2.41. The Kier molecular flexibility index (Phi) is 6.64. The van der Waals surface area contributed by atoms with Crippen LogP contribution in [0, 0.1) is 6.92 Å². The minimum atomic E-state index is -3.51. The van der Waals surface area contributed by atoms with Crippen LogP contribution >= 0.6 is 11.6 Å². The Balaban J connectivity index is 2.91. The highest BCUT2D eigenvalue weighted by Crippen LogP contribution is 2.22. The predicted octanol–water partition coefficient (Wildman–Crippen LogP) is 2.59. The molecule has 5 nitrogen and oxygen atoms in total. The smallest absolute Gasteiger partial charge is 0.242 e. The molecule has 0 aliphatic rings. The second-order valence-electron chi connectivity index (χ2n) is 4.96. The molecular formula is C14H21ClN2O3S. The fourth-order valence-electron chi connectivity index (χ4n) is 1.70. The van der Waals surface area contributed by atoms with Crippen LogP contribution in [-0.4, -0.2) is 38.6 Å². The number of nitrogens with one attached hydrogen (secondary N) is 1. The van der Waals surface area contributed by atoms with Gasteiger partial charge in [-0.25, -0.2) is 12.7 Å². The Labute approximate surface area is 131 Å². The lowest BCUT2D eigenvalue weighted by Crippen LogP contribution is -2.22. The maximum Gasteiger partial charge on any atom is 0.242 e. The highest BCUT2D eigenvalue weighted by molar-refractivity contribution is 7.89. The molecule has 0 bridgehead atoms. The number of alkyl halides is 1. The van der Waals surface area contributed by atoms with Crippen LogP contribution in [0.15, 0.2) is 23.1 Å². The highest BCUT2D eigenvalue weighted by atomic mass is 35.5. The summed E-state index contributed by atoms with van der Waals surface area (Å²) >= 11 is 5.57. The van der Waals surface area contributed by atoms with Gasteiger partial charge in [-0.2, -0.15) is 0 Å². The first-order valence-corrected chi connectivity index (χ1v) is 8.65. The van der Waals surface area contributed by atoms with E-state index in [0.717, 1.165) is 16.3 Å². The molecule has 118 valence electrons. The summed E-state index contributed by atoms with van der Waals surface area (Å²) in [6, 6.07) is 4.71. The molecule has 0 aliphatic heterocycles. The maximum atomic E-state index is 12.1. The third kappa shape index (κ3) is 4.98. The van der Waals surface area contributed by atoms with Gasteiger partial charge in [0.1, 0.15) is 0 Å². The molecule has 21 heavy (non-hydrogen) atoms. The van der Waals surface area contributed by atoms with Crippen LogP contribution in [0.5, 0.6) is 0 Å². The van der Waals surface area contributed by atoms with E-state index in [9.17, 15) is 13.2 Å². The number of aryl methyl sites for hydroxylation is 1. The van der Waals surface area contributed by atoms with Crippen molar-refractivity contribution < 1.29 is 13.2 Å². The molecule has 0 saturated carbocycles. The number of unbranched alkanes of at least 4 members (excludes halogenated alkanes) is 1. The standard InChI is InChI=1S/C14H21ClN2O3S/c1-11-7-8-12(21(19,20)17(2)3)10-13(11)16-14(18)6-4-5-9-15/h7-8,10H,4-6,9H2,1-3H3,(H,16,18). The van der Waals surface area contributed by atoms with E-state index in [0.29, 0.717) is 24.4 Å². The van der Waals surface area contributed by atoms with Gasteiger partial charge in [-0.1, -0.05) is 6.07 Å². The summed E-state index contributed by atoms with van der Waals surface area (Å²) in [5.74, 6) is 0.394. The summed E-state index contributed by atoms with van der Waals surface area (Å²) < 4.78 is 25.3. The Morgan fingerprint density at radius 1 is 1.29 bits per heavy atom. The van der Waals surface area contributed by atoms with Gasteiger partial charge in [0.2, 0.25) is 15.9 Å². The van der Waals surface area contributed by atoms with E-state index in [2.05, 4.69) is 5.32 Å². The molecule has 0 spiro atoms. The van der Waals surface area contributed by atoms with Gasteiger partial charge in [-0.15, -0.1) is 11.6 Å². The Hall–Kier alpha value is -1.11. The fraction of sp³-hybridized carbons (Fsp3) is 0.500. The molecule has 1 N–H and O–H groups in total. The molecule has 0 saturated heterocycles. The molecule has 0 fully saturated rings. The van der Waals surface area contributed by atoms with Crippen molar-refractivity contribution in [1.82, 2.24) is 4.31 Å². The summed E-state index contributed by atoms with van der Waals surface area (Å²) in [5.41, 5.74) is 1.34. The number of benzene rings is 1. The number of hydrogen-bond donors (Lipinski definition) is 1. The molecule has 1 aromatic rings. The number of amides is 1. The first kappa shape index (κ1) is 17.9. The van der Waals surface area contributed by atoms with Crippen LogP contribution in [-0.2, 0) is 14.8 Å². The van der Waals surface area contributed by atoms with Crippen molar-refractivity contribution in [1.29, 1.82) is 0 Å². The number of sulfonamides is 1. The number of hydrogen-bond acceptors (Lipinski definition) is 3. The number of carbonyl (C=O) groups is 1. The van der Waals surface area contributed by atoms with Crippen LogP contribution in [0.1, 0.15) is 24.8 Å². The number of nitrogens with zero attached hydrogens (tertiary/aromatic N) is 1. The van der Waals surface area contributed by atoms with Gasteiger partial charge < -0.3 is 5.32 Å². The molecule has 0 aliphatic carbocycles. The van der Waals surface area contributed by atoms with Gasteiger partial charge in [-0.05, 0) is 37.5 Å². The van der Waals surface area contributed by atoms with E-state index in [1.807, 2.05) is 6.92 Å². The molecule has 1 rings (SSSR count). The van der Waals surface area contributed by atoms with Crippen LogP contribution in [0.3, 0.4) is 0 Å². The van der Waals surface area contributed by atoms with E-state index >= 15 is 0 Å². The summed E-state index contributed by atoms with van der Waals surface area (Å²) in [7, 11) is -0.565. The molecule has 1 amide bonds. The van der Waals surface area contributed by atoms with Gasteiger partial charge in [0.25, 0.3) is 0 Å². The van der Waals surface area contributed by atoms with E-state index in [-0.39, 0.29) is 10.8 Å². The second kappa shape index (κ2) is 7.77. The fourth-order valence-corrected chi connectivity index (χ4v) is 2.82. The lowest BCUT2D eigenvalue weighted by molar-refractivity contribution is -0.116. The van der Waals surface area contributed by atoms with Gasteiger partial charge in [0, 0.05) is 32.1 Å². The number of anilines is 1. The van der Waals surface area contributed by atoms with Crippen molar-refractivity contribution in [2.75, 3.05) is 25.3 Å². The Morgan fingerprint density at radius 2 is 1.95 bits per heavy atom. The minimum absolute atomic E-state index is 0.136. The molecule has 0 atom stereocenters. The molecule has 0 unspecified atom stereocenters. The second-order valence-corrected chi connectivity index (χ2v) is 7.49.